The van der Waals surface area contributed by atoms with Crippen LogP contribution in [-0.2, 0) is 32.7 Å². The summed E-state index contributed by atoms with van der Waals surface area (Å²) in [6.45, 7) is 2.12. The fourth-order valence-corrected chi connectivity index (χ4v) is 0.509. The number of nitrogens with one attached hydrogen (secondary N) is 1. The van der Waals surface area contributed by atoms with Crippen LogP contribution in [0.25, 0.3) is 0 Å². The van der Waals surface area contributed by atoms with E-state index < -0.39 is 0 Å². The van der Waals surface area contributed by atoms with E-state index in [0.29, 0.717) is 0 Å². The summed E-state index contributed by atoms with van der Waals surface area (Å²) >= 11 is 0. The standard InChI is InChI=1S/C5H8N.Y/c1-2-4-6-5-3-1;/h2,6H,3-5H2;/q-1;. The molecule has 0 saturated carbocycles. The van der Waals surface area contributed by atoms with Crippen LogP contribution in [-0.4, -0.2) is 13.1 Å². The second kappa shape index (κ2) is 4.95. The molecule has 2 heteroatoms. The van der Waals surface area contributed by atoms with E-state index in [9.17, 15) is 0 Å². The van der Waals surface area contributed by atoms with Gasteiger partial charge in [0.1, 0.15) is 0 Å². The molecular weight excluding hydrogens is 163 g/mol. The Morgan fingerprint density at radius 2 is 2.43 bits per heavy atom. The van der Waals surface area contributed by atoms with Crippen molar-refractivity contribution in [2.75, 3.05) is 13.1 Å². The molecule has 0 unspecified atom stereocenters. The van der Waals surface area contributed by atoms with Crippen molar-refractivity contribution in [3.8, 4) is 0 Å². The maximum atomic E-state index is 3.17. The van der Waals surface area contributed by atoms with E-state index in [1.807, 2.05) is 6.08 Å². The molecule has 0 bridgehead atoms. The second-order valence-corrected chi connectivity index (χ2v) is 1.36. The van der Waals surface area contributed by atoms with Crippen molar-refractivity contribution >= 4 is 0 Å². The van der Waals surface area contributed by atoms with Gasteiger partial charge in [-0.25, -0.2) is 0 Å². The van der Waals surface area contributed by atoms with Gasteiger partial charge in [-0.1, -0.05) is 0 Å². The molecule has 1 radical (unpaired) electrons. The third-order valence-corrected chi connectivity index (χ3v) is 0.837. The number of hydrogen-bond acceptors (Lipinski definition) is 1. The Balaban J connectivity index is 0.000000360. The minimum absolute atomic E-state index is 0. The summed E-state index contributed by atoms with van der Waals surface area (Å²) in [5.74, 6) is 0. The zero-order valence-corrected chi connectivity index (χ0v) is 7.11. The van der Waals surface area contributed by atoms with Gasteiger partial charge in [-0.3, -0.25) is 6.08 Å². The largest absolute Gasteiger partial charge is 0.498 e. The van der Waals surface area contributed by atoms with E-state index in [0.717, 1.165) is 19.5 Å². The first kappa shape index (κ1) is 7.80. The van der Waals surface area contributed by atoms with Gasteiger partial charge in [-0.2, -0.15) is 6.42 Å². The predicted octanol–water partition coefficient (Wildman–Crippen LogP) is 0.337. The van der Waals surface area contributed by atoms with Crippen molar-refractivity contribution in [1.29, 1.82) is 0 Å². The summed E-state index contributed by atoms with van der Waals surface area (Å²) in [6.07, 6.45) is 6.21. The molecule has 1 heterocycles. The fourth-order valence-electron chi connectivity index (χ4n) is 0.509. The quantitative estimate of drug-likeness (QED) is 0.518. The van der Waals surface area contributed by atoms with E-state index in [1.54, 1.807) is 0 Å². The molecule has 37 valence electrons. The van der Waals surface area contributed by atoms with Gasteiger partial charge in [-0.15, -0.1) is 0 Å². The Morgan fingerprint density at radius 1 is 1.57 bits per heavy atom. The zero-order chi connectivity index (χ0) is 4.24. The molecule has 1 nitrogen and oxygen atoms in total. The van der Waals surface area contributed by atoms with E-state index in [4.69, 9.17) is 0 Å². The van der Waals surface area contributed by atoms with E-state index >= 15 is 0 Å². The average molecular weight is 171 g/mol. The molecule has 0 atom stereocenters. The van der Waals surface area contributed by atoms with Crippen molar-refractivity contribution in [3.05, 3.63) is 12.2 Å². The van der Waals surface area contributed by atoms with Crippen molar-refractivity contribution < 1.29 is 32.7 Å². The molecule has 0 aromatic heterocycles. The van der Waals surface area contributed by atoms with Gasteiger partial charge in [0.2, 0.25) is 0 Å². The summed E-state index contributed by atoms with van der Waals surface area (Å²) < 4.78 is 0. The Hall–Kier alpha value is 0.804. The molecule has 1 aliphatic rings. The summed E-state index contributed by atoms with van der Waals surface area (Å²) in [7, 11) is 0. The van der Waals surface area contributed by atoms with Crippen LogP contribution in [0.5, 0.6) is 0 Å². The Bertz CT molecular complexity index is 53.1. The Kier molecular flexibility index (Phi) is 5.52. The summed E-state index contributed by atoms with van der Waals surface area (Å²) in [5.41, 5.74) is 0. The second-order valence-electron chi connectivity index (χ2n) is 1.36. The summed E-state index contributed by atoms with van der Waals surface area (Å²) in [6, 6.07) is 0. The van der Waals surface area contributed by atoms with Gasteiger partial charge in [0.15, 0.2) is 0 Å². The van der Waals surface area contributed by atoms with Crippen LogP contribution in [0.15, 0.2) is 6.08 Å². The van der Waals surface area contributed by atoms with Crippen LogP contribution in [0.3, 0.4) is 0 Å². The van der Waals surface area contributed by atoms with Crippen LogP contribution in [0.4, 0.5) is 0 Å². The van der Waals surface area contributed by atoms with Crippen molar-refractivity contribution in [3.63, 3.8) is 0 Å². The van der Waals surface area contributed by atoms with Crippen LogP contribution >= 0.6 is 0 Å². The van der Waals surface area contributed by atoms with E-state index in [1.165, 1.54) is 0 Å². The molecule has 0 aromatic carbocycles. The SMILES string of the molecule is [C-]1=CCNCC1.[Y]. The molecule has 0 spiro atoms. The fraction of sp³-hybridized carbons (Fsp3) is 0.600. The first-order chi connectivity index (χ1) is 3.00. The van der Waals surface area contributed by atoms with Gasteiger partial charge in [-0.05, 0) is 13.1 Å². The minimum Gasteiger partial charge on any atom is -0.498 e. The predicted molar refractivity (Wildman–Crippen MR) is 25.3 cm³/mol. The third kappa shape index (κ3) is 3.39. The van der Waals surface area contributed by atoms with Crippen molar-refractivity contribution in [1.82, 2.24) is 5.32 Å². The summed E-state index contributed by atoms with van der Waals surface area (Å²) in [5, 5.41) is 3.17. The Labute approximate surface area is 69.4 Å². The topological polar surface area (TPSA) is 12.0 Å². The van der Waals surface area contributed by atoms with E-state index in [2.05, 4.69) is 11.4 Å². The van der Waals surface area contributed by atoms with Crippen molar-refractivity contribution in [2.24, 2.45) is 0 Å². The van der Waals surface area contributed by atoms with Crippen LogP contribution in [0, 0.1) is 6.08 Å². The van der Waals surface area contributed by atoms with Crippen LogP contribution in [0.1, 0.15) is 6.42 Å². The van der Waals surface area contributed by atoms with Crippen LogP contribution in [0.2, 0.25) is 0 Å². The van der Waals surface area contributed by atoms with Gasteiger partial charge in [0, 0.05) is 32.7 Å². The maximum Gasteiger partial charge on any atom is 0 e. The van der Waals surface area contributed by atoms with Crippen LogP contribution < -0.4 is 5.32 Å². The molecule has 0 saturated heterocycles. The molecule has 0 aromatic rings. The van der Waals surface area contributed by atoms with Gasteiger partial charge >= 0.3 is 0 Å². The van der Waals surface area contributed by atoms with Gasteiger partial charge in [0.05, 0.1) is 0 Å². The van der Waals surface area contributed by atoms with E-state index in [-0.39, 0.29) is 32.7 Å². The van der Waals surface area contributed by atoms with Crippen molar-refractivity contribution in [2.45, 2.75) is 6.42 Å². The number of hydrogen-bond donors (Lipinski definition) is 1. The number of rotatable bonds is 0. The summed E-state index contributed by atoms with van der Waals surface area (Å²) in [4.78, 5) is 0. The van der Waals surface area contributed by atoms with Gasteiger partial charge in [0.25, 0.3) is 0 Å². The smallest absolute Gasteiger partial charge is 0 e. The Morgan fingerprint density at radius 3 is 2.57 bits per heavy atom. The van der Waals surface area contributed by atoms with Gasteiger partial charge < -0.3 is 11.4 Å². The monoisotopic (exact) mass is 171 g/mol. The molecule has 7 heavy (non-hydrogen) atoms. The molecule has 0 aliphatic carbocycles. The molecular formula is C5H8NY-. The molecule has 1 aliphatic heterocycles. The molecule has 1 rings (SSSR count). The molecule has 0 fully saturated rings. The first-order valence-corrected chi connectivity index (χ1v) is 2.26. The minimum atomic E-state index is 0. The molecule has 0 amide bonds. The third-order valence-electron chi connectivity index (χ3n) is 0.837. The molecule has 1 N–H and O–H groups in total. The maximum absolute atomic E-state index is 3.17. The average Bonchev–Trinajstić information content (AvgIpc) is 1.72. The first-order valence-electron chi connectivity index (χ1n) is 2.26. The zero-order valence-electron chi connectivity index (χ0n) is 4.28. The normalized spacial score (nSPS) is 18.3.